The second-order valence-electron chi connectivity index (χ2n) is 5.98. The highest BCUT2D eigenvalue weighted by Crippen LogP contribution is 2.37. The van der Waals surface area contributed by atoms with E-state index in [0.29, 0.717) is 28.6 Å². The number of rotatable bonds is 7. The lowest BCUT2D eigenvalue weighted by Crippen LogP contribution is -2.18. The molecule has 2 aromatic heterocycles. The molecule has 0 saturated heterocycles. The third-order valence-corrected chi connectivity index (χ3v) is 4.78. The first kappa shape index (κ1) is 19.4. The molecule has 7 nitrogen and oxygen atoms in total. The van der Waals surface area contributed by atoms with Crippen LogP contribution in [0.15, 0.2) is 41.1 Å². The van der Waals surface area contributed by atoms with Crippen LogP contribution in [0.1, 0.15) is 19.4 Å². The second kappa shape index (κ2) is 8.53. The first-order valence-corrected chi connectivity index (χ1v) is 9.55. The van der Waals surface area contributed by atoms with Crippen LogP contribution < -0.4 is 14.9 Å². The summed E-state index contributed by atoms with van der Waals surface area (Å²) in [6, 6.07) is 7.55. The third-order valence-electron chi connectivity index (χ3n) is 3.77. The monoisotopic (exact) mass is 449 g/mol. The van der Waals surface area contributed by atoms with Gasteiger partial charge in [0.05, 0.1) is 19.8 Å². The van der Waals surface area contributed by atoms with E-state index < -0.39 is 0 Å². The number of ether oxygens (including phenoxy) is 2. The Balaban J connectivity index is 1.94. The van der Waals surface area contributed by atoms with E-state index in [1.165, 1.54) is 0 Å². The maximum atomic E-state index is 6.00. The quantitative estimate of drug-likeness (QED) is 0.523. The molecule has 1 aromatic carbocycles. The lowest BCUT2D eigenvalue weighted by molar-refractivity contribution is 0.227. The third kappa shape index (κ3) is 4.30. The number of H-pyrrole nitrogens is 1. The van der Waals surface area contributed by atoms with E-state index in [4.69, 9.17) is 21.7 Å². The molecule has 9 heteroatoms. The number of hydrogen-bond donors (Lipinski definition) is 2. The Kier molecular flexibility index (Phi) is 6.12. The number of nitrogens with zero attached hydrogens (tertiary/aromatic N) is 3. The summed E-state index contributed by atoms with van der Waals surface area (Å²) >= 11 is 8.98. The minimum atomic E-state index is 0.00965. The van der Waals surface area contributed by atoms with Crippen molar-refractivity contribution in [2.75, 3.05) is 12.5 Å². The molecule has 27 heavy (non-hydrogen) atoms. The molecule has 2 N–H and O–H groups in total. The fraction of sp³-hybridized carbons (Fsp3) is 0.278. The highest BCUT2D eigenvalue weighted by Gasteiger charge is 2.17. The van der Waals surface area contributed by atoms with Gasteiger partial charge in [0, 0.05) is 28.0 Å². The summed E-state index contributed by atoms with van der Waals surface area (Å²) in [5, 5.41) is 7.13. The van der Waals surface area contributed by atoms with Gasteiger partial charge in [-0.3, -0.25) is 4.98 Å². The van der Waals surface area contributed by atoms with Crippen LogP contribution in [0, 0.1) is 4.77 Å². The van der Waals surface area contributed by atoms with Crippen LogP contribution in [-0.2, 0) is 6.54 Å². The Hall–Kier alpha value is -2.39. The van der Waals surface area contributed by atoms with Gasteiger partial charge in [0.25, 0.3) is 0 Å². The molecule has 0 bridgehead atoms. The molecule has 0 saturated carbocycles. The molecule has 3 rings (SSSR count). The predicted molar refractivity (Wildman–Crippen MR) is 110 cm³/mol. The Morgan fingerprint density at radius 1 is 1.26 bits per heavy atom. The fourth-order valence-electron chi connectivity index (χ4n) is 2.57. The molecule has 0 radical (unpaired) electrons. The van der Waals surface area contributed by atoms with Gasteiger partial charge >= 0.3 is 0 Å². The van der Waals surface area contributed by atoms with E-state index in [1.54, 1.807) is 24.2 Å². The number of methoxy groups -OCH3 is 1. The SMILES string of the molecule is COc1ccc(Br)c(CNn2c(-c3ccncc3)n[nH]c2=S)c1OC(C)C. The average molecular weight is 450 g/mol. The van der Waals surface area contributed by atoms with Crippen molar-refractivity contribution in [3.05, 3.63) is 51.5 Å². The van der Waals surface area contributed by atoms with Crippen LogP contribution in [0.2, 0.25) is 0 Å². The number of benzene rings is 1. The number of hydrogen-bond acceptors (Lipinski definition) is 6. The van der Waals surface area contributed by atoms with Gasteiger partial charge in [-0.05, 0) is 50.3 Å². The standard InChI is InChI=1S/C18H20BrN5O2S/c1-11(2)26-16-13(14(19)4-5-15(16)25-3)10-21-24-17(22-23-18(24)27)12-6-8-20-9-7-12/h4-9,11,21H,10H2,1-3H3,(H,23,27). The van der Waals surface area contributed by atoms with E-state index in [1.807, 2.05) is 38.1 Å². The van der Waals surface area contributed by atoms with Gasteiger partial charge in [0.2, 0.25) is 4.77 Å². The maximum Gasteiger partial charge on any atom is 0.214 e. The van der Waals surface area contributed by atoms with Crippen molar-refractivity contribution in [2.24, 2.45) is 0 Å². The zero-order chi connectivity index (χ0) is 19.4. The number of aromatic amines is 1. The Labute approximate surface area is 170 Å². The minimum Gasteiger partial charge on any atom is -0.493 e. The molecule has 0 aliphatic carbocycles. The molecule has 0 amide bonds. The van der Waals surface area contributed by atoms with Crippen molar-refractivity contribution in [2.45, 2.75) is 26.5 Å². The van der Waals surface area contributed by atoms with Gasteiger partial charge in [-0.1, -0.05) is 15.9 Å². The number of aromatic nitrogens is 4. The highest BCUT2D eigenvalue weighted by molar-refractivity contribution is 9.10. The summed E-state index contributed by atoms with van der Waals surface area (Å²) in [6.07, 6.45) is 3.44. The lowest BCUT2D eigenvalue weighted by atomic mass is 10.2. The normalized spacial score (nSPS) is 10.9. The first-order chi connectivity index (χ1) is 13.0. The molecule has 0 unspecified atom stereocenters. The molecule has 0 atom stereocenters. The molecular formula is C18H20BrN5O2S. The summed E-state index contributed by atoms with van der Waals surface area (Å²) in [7, 11) is 1.63. The van der Waals surface area contributed by atoms with E-state index in [9.17, 15) is 0 Å². The molecule has 0 aliphatic heterocycles. The van der Waals surface area contributed by atoms with Crippen LogP contribution >= 0.6 is 28.1 Å². The van der Waals surface area contributed by atoms with Crippen molar-refractivity contribution in [3.63, 3.8) is 0 Å². The van der Waals surface area contributed by atoms with Crippen molar-refractivity contribution < 1.29 is 9.47 Å². The van der Waals surface area contributed by atoms with Crippen molar-refractivity contribution in [1.29, 1.82) is 0 Å². The van der Waals surface area contributed by atoms with Crippen molar-refractivity contribution in [3.8, 4) is 22.9 Å². The highest BCUT2D eigenvalue weighted by atomic mass is 79.9. The van der Waals surface area contributed by atoms with Crippen LogP contribution in [0.5, 0.6) is 11.5 Å². The maximum absolute atomic E-state index is 6.00. The largest absolute Gasteiger partial charge is 0.493 e. The number of pyridine rings is 1. The summed E-state index contributed by atoms with van der Waals surface area (Å²) < 4.78 is 14.6. The van der Waals surface area contributed by atoms with Crippen LogP contribution in [0.4, 0.5) is 0 Å². The summed E-state index contributed by atoms with van der Waals surface area (Å²) in [5.41, 5.74) is 5.13. The smallest absolute Gasteiger partial charge is 0.214 e. The molecular weight excluding hydrogens is 430 g/mol. The summed E-state index contributed by atoms with van der Waals surface area (Å²) in [4.78, 5) is 4.04. The first-order valence-electron chi connectivity index (χ1n) is 8.35. The average Bonchev–Trinajstić information content (AvgIpc) is 3.02. The van der Waals surface area contributed by atoms with Crippen molar-refractivity contribution >= 4 is 28.1 Å². The Bertz CT molecular complexity index is 972. The van der Waals surface area contributed by atoms with Gasteiger partial charge in [-0.15, -0.1) is 0 Å². The van der Waals surface area contributed by atoms with Crippen LogP contribution in [0.25, 0.3) is 11.4 Å². The van der Waals surface area contributed by atoms with E-state index in [0.717, 1.165) is 15.6 Å². The van der Waals surface area contributed by atoms with E-state index in [-0.39, 0.29) is 6.10 Å². The van der Waals surface area contributed by atoms with E-state index in [2.05, 4.69) is 36.5 Å². The van der Waals surface area contributed by atoms with Gasteiger partial charge in [0.1, 0.15) is 0 Å². The van der Waals surface area contributed by atoms with Gasteiger partial charge in [0.15, 0.2) is 17.3 Å². The molecule has 142 valence electrons. The molecule has 0 spiro atoms. The van der Waals surface area contributed by atoms with E-state index >= 15 is 0 Å². The van der Waals surface area contributed by atoms with Gasteiger partial charge < -0.3 is 14.9 Å². The summed E-state index contributed by atoms with van der Waals surface area (Å²) in [5.74, 6) is 2.04. The number of nitrogens with one attached hydrogen (secondary N) is 2. The van der Waals surface area contributed by atoms with Crippen LogP contribution in [0.3, 0.4) is 0 Å². The predicted octanol–water partition coefficient (Wildman–Crippen LogP) is 4.30. The van der Waals surface area contributed by atoms with Gasteiger partial charge in [-0.2, -0.15) is 5.10 Å². The topological polar surface area (TPSA) is 77.0 Å². The molecule has 0 aliphatic rings. The van der Waals surface area contributed by atoms with Gasteiger partial charge in [-0.25, -0.2) is 9.77 Å². The Morgan fingerprint density at radius 2 is 2.00 bits per heavy atom. The minimum absolute atomic E-state index is 0.00965. The molecule has 0 fully saturated rings. The van der Waals surface area contributed by atoms with Crippen molar-refractivity contribution in [1.82, 2.24) is 19.9 Å². The second-order valence-corrected chi connectivity index (χ2v) is 7.22. The lowest BCUT2D eigenvalue weighted by Gasteiger charge is -2.19. The zero-order valence-corrected chi connectivity index (χ0v) is 17.6. The van der Waals surface area contributed by atoms with Crippen LogP contribution in [-0.4, -0.2) is 33.1 Å². The summed E-state index contributed by atoms with van der Waals surface area (Å²) in [6.45, 7) is 4.41. The zero-order valence-electron chi connectivity index (χ0n) is 15.2. The molecule has 2 heterocycles. The number of halogens is 1. The Morgan fingerprint density at radius 3 is 2.67 bits per heavy atom. The molecule has 3 aromatic rings. The fourth-order valence-corrected chi connectivity index (χ4v) is 3.22.